The molecule has 1 amide bonds. The lowest BCUT2D eigenvalue weighted by molar-refractivity contribution is -0.133. The third kappa shape index (κ3) is 5.05. The van der Waals surface area contributed by atoms with Gasteiger partial charge in [-0.05, 0) is 39.5 Å². The molecule has 0 bridgehead atoms. The maximum absolute atomic E-state index is 12.1. The molecule has 4 nitrogen and oxygen atoms in total. The Labute approximate surface area is 110 Å². The number of ether oxygens (including phenoxy) is 1. The molecule has 4 heteroatoms. The maximum Gasteiger partial charge on any atom is 0.222 e. The van der Waals surface area contributed by atoms with Crippen molar-refractivity contribution in [2.45, 2.75) is 64.5 Å². The Bertz CT molecular complexity index is 291. The van der Waals surface area contributed by atoms with Crippen LogP contribution in [0.3, 0.4) is 0 Å². The van der Waals surface area contributed by atoms with E-state index in [1.54, 1.807) is 4.90 Å². The van der Waals surface area contributed by atoms with E-state index >= 15 is 0 Å². The van der Waals surface area contributed by atoms with E-state index < -0.39 is 0 Å². The third-order valence-electron chi connectivity index (χ3n) is 3.36. The lowest BCUT2D eigenvalue weighted by atomic mass is 10.0. The summed E-state index contributed by atoms with van der Waals surface area (Å²) in [6.45, 7) is 5.36. The van der Waals surface area contributed by atoms with E-state index in [1.807, 2.05) is 13.8 Å². The Morgan fingerprint density at radius 3 is 2.83 bits per heavy atom. The van der Waals surface area contributed by atoms with Crippen LogP contribution in [0.25, 0.3) is 0 Å². The van der Waals surface area contributed by atoms with Crippen molar-refractivity contribution in [1.29, 1.82) is 5.26 Å². The number of nitrogens with zero attached hydrogens (tertiary/aromatic N) is 2. The first-order valence-corrected chi connectivity index (χ1v) is 6.93. The third-order valence-corrected chi connectivity index (χ3v) is 3.36. The van der Waals surface area contributed by atoms with E-state index in [0.717, 1.165) is 25.9 Å². The van der Waals surface area contributed by atoms with Crippen LogP contribution in [0, 0.1) is 11.3 Å². The Kier molecular flexibility index (Phi) is 6.74. The molecule has 102 valence electrons. The smallest absolute Gasteiger partial charge is 0.222 e. The van der Waals surface area contributed by atoms with Gasteiger partial charge < -0.3 is 9.64 Å². The van der Waals surface area contributed by atoms with Crippen LogP contribution in [0.5, 0.6) is 0 Å². The topological polar surface area (TPSA) is 53.3 Å². The summed E-state index contributed by atoms with van der Waals surface area (Å²) in [5.41, 5.74) is 0. The molecule has 1 saturated heterocycles. The van der Waals surface area contributed by atoms with Crippen molar-refractivity contribution in [1.82, 2.24) is 4.90 Å². The Morgan fingerprint density at radius 1 is 1.50 bits per heavy atom. The van der Waals surface area contributed by atoms with Gasteiger partial charge in [0.2, 0.25) is 5.91 Å². The van der Waals surface area contributed by atoms with Crippen molar-refractivity contribution >= 4 is 5.91 Å². The van der Waals surface area contributed by atoms with E-state index in [0.29, 0.717) is 19.4 Å². The van der Waals surface area contributed by atoms with Gasteiger partial charge in [0.25, 0.3) is 0 Å². The highest BCUT2D eigenvalue weighted by molar-refractivity contribution is 5.76. The van der Waals surface area contributed by atoms with E-state index in [2.05, 4.69) is 6.07 Å². The number of carbonyl (C=O) groups is 1. The number of rotatable bonds is 6. The number of carbonyl (C=O) groups excluding carboxylic acids is 1. The van der Waals surface area contributed by atoms with Crippen LogP contribution in [0.1, 0.15) is 52.4 Å². The average molecular weight is 252 g/mol. The summed E-state index contributed by atoms with van der Waals surface area (Å²) in [6.07, 6.45) is 5.44. The molecule has 0 aliphatic carbocycles. The van der Waals surface area contributed by atoms with Gasteiger partial charge in [0.15, 0.2) is 0 Å². The minimum absolute atomic E-state index is 0.148. The largest absolute Gasteiger partial charge is 0.378 e. The highest BCUT2D eigenvalue weighted by Crippen LogP contribution is 2.18. The Morgan fingerprint density at radius 2 is 2.28 bits per heavy atom. The lowest BCUT2D eigenvalue weighted by Crippen LogP contribution is -2.38. The minimum Gasteiger partial charge on any atom is -0.378 e. The summed E-state index contributed by atoms with van der Waals surface area (Å²) in [5.74, 6) is 0.148. The van der Waals surface area contributed by atoms with Gasteiger partial charge in [-0.1, -0.05) is 0 Å². The zero-order valence-electron chi connectivity index (χ0n) is 11.5. The van der Waals surface area contributed by atoms with Crippen LogP contribution in [-0.2, 0) is 9.53 Å². The molecule has 0 spiro atoms. The normalized spacial score (nSPS) is 19.6. The van der Waals surface area contributed by atoms with Crippen molar-refractivity contribution in [3.63, 3.8) is 0 Å². The van der Waals surface area contributed by atoms with Crippen LogP contribution in [0.4, 0.5) is 0 Å². The van der Waals surface area contributed by atoms with E-state index in [9.17, 15) is 4.79 Å². The van der Waals surface area contributed by atoms with E-state index in [1.165, 1.54) is 6.42 Å². The molecule has 1 aliphatic heterocycles. The molecule has 1 unspecified atom stereocenters. The van der Waals surface area contributed by atoms with Gasteiger partial charge >= 0.3 is 0 Å². The second-order valence-electron chi connectivity index (χ2n) is 5.12. The molecule has 18 heavy (non-hydrogen) atoms. The summed E-state index contributed by atoms with van der Waals surface area (Å²) in [6, 6.07) is 2.26. The fraction of sp³-hybridized carbons (Fsp3) is 0.857. The molecule has 0 aromatic heterocycles. The van der Waals surface area contributed by atoms with Gasteiger partial charge in [-0.3, -0.25) is 4.79 Å². The molecule has 1 aliphatic rings. The lowest BCUT2D eigenvalue weighted by Gasteiger charge is -2.27. The number of hydrogen-bond donors (Lipinski definition) is 0. The van der Waals surface area contributed by atoms with Gasteiger partial charge in [0.05, 0.1) is 18.6 Å². The monoisotopic (exact) mass is 252 g/mol. The summed E-state index contributed by atoms with van der Waals surface area (Å²) < 4.78 is 5.63. The summed E-state index contributed by atoms with van der Waals surface area (Å²) >= 11 is 0. The molecule has 1 atom stereocenters. The minimum atomic E-state index is 0.148. The molecule has 0 aromatic carbocycles. The highest BCUT2D eigenvalue weighted by atomic mass is 16.5. The SMILES string of the molecule is CC(C)N(CCC#N)C(=O)CCC1CCCCO1. The van der Waals surface area contributed by atoms with Gasteiger partial charge in [0.1, 0.15) is 0 Å². The fourth-order valence-corrected chi connectivity index (χ4v) is 2.30. The Balaban J connectivity index is 2.33. The van der Waals surface area contributed by atoms with Gasteiger partial charge in [0, 0.05) is 25.6 Å². The van der Waals surface area contributed by atoms with E-state index in [-0.39, 0.29) is 18.1 Å². The predicted molar refractivity (Wildman–Crippen MR) is 69.9 cm³/mol. The van der Waals surface area contributed by atoms with Crippen molar-refractivity contribution in [3.8, 4) is 6.07 Å². The molecular formula is C14H24N2O2. The molecule has 0 N–H and O–H groups in total. The second kappa shape index (κ2) is 8.10. The first-order chi connectivity index (χ1) is 8.65. The quantitative estimate of drug-likeness (QED) is 0.729. The number of amides is 1. The molecular weight excluding hydrogens is 228 g/mol. The molecule has 1 fully saturated rings. The van der Waals surface area contributed by atoms with Gasteiger partial charge in [-0.2, -0.15) is 5.26 Å². The van der Waals surface area contributed by atoms with Crippen molar-refractivity contribution in [2.24, 2.45) is 0 Å². The molecule has 0 aromatic rings. The molecule has 1 rings (SSSR count). The molecule has 0 saturated carbocycles. The van der Waals surface area contributed by atoms with Crippen LogP contribution >= 0.6 is 0 Å². The maximum atomic E-state index is 12.1. The standard InChI is InChI=1S/C14H24N2O2/c1-12(2)16(10-5-9-15)14(17)8-7-13-6-3-4-11-18-13/h12-13H,3-8,10-11H2,1-2H3. The highest BCUT2D eigenvalue weighted by Gasteiger charge is 2.20. The number of hydrogen-bond acceptors (Lipinski definition) is 3. The van der Waals surface area contributed by atoms with Crippen LogP contribution in [0.2, 0.25) is 0 Å². The molecule has 1 heterocycles. The summed E-state index contributed by atoms with van der Waals surface area (Å²) in [5, 5.41) is 8.60. The zero-order chi connectivity index (χ0) is 13.4. The van der Waals surface area contributed by atoms with Crippen LogP contribution in [-0.4, -0.2) is 36.1 Å². The van der Waals surface area contributed by atoms with Crippen LogP contribution in [0.15, 0.2) is 0 Å². The van der Waals surface area contributed by atoms with Crippen molar-refractivity contribution < 1.29 is 9.53 Å². The fourth-order valence-electron chi connectivity index (χ4n) is 2.30. The first-order valence-electron chi connectivity index (χ1n) is 6.93. The Hall–Kier alpha value is -1.08. The van der Waals surface area contributed by atoms with Gasteiger partial charge in [-0.25, -0.2) is 0 Å². The van der Waals surface area contributed by atoms with Crippen molar-refractivity contribution in [3.05, 3.63) is 0 Å². The number of nitriles is 1. The van der Waals surface area contributed by atoms with E-state index in [4.69, 9.17) is 10.00 Å². The predicted octanol–water partition coefficient (Wildman–Crippen LogP) is 2.49. The molecule has 0 radical (unpaired) electrons. The van der Waals surface area contributed by atoms with Gasteiger partial charge in [-0.15, -0.1) is 0 Å². The average Bonchev–Trinajstić information content (AvgIpc) is 2.37. The zero-order valence-corrected chi connectivity index (χ0v) is 11.5. The first kappa shape index (κ1) is 15.0. The van der Waals surface area contributed by atoms with Crippen molar-refractivity contribution in [2.75, 3.05) is 13.2 Å². The van der Waals surface area contributed by atoms with Crippen LogP contribution < -0.4 is 0 Å². The summed E-state index contributed by atoms with van der Waals surface area (Å²) in [7, 11) is 0. The second-order valence-corrected chi connectivity index (χ2v) is 5.12. The summed E-state index contributed by atoms with van der Waals surface area (Å²) in [4.78, 5) is 13.9.